The number of benzene rings is 2. The van der Waals surface area contributed by atoms with Gasteiger partial charge in [0.05, 0.1) is 11.6 Å². The third-order valence-corrected chi connectivity index (χ3v) is 2.33. The number of rotatable bonds is 1. The van der Waals surface area contributed by atoms with Crippen LogP contribution in [-0.2, 0) is 0 Å². The molecule has 0 aromatic heterocycles. The van der Waals surface area contributed by atoms with Crippen LogP contribution in [0.15, 0.2) is 36.4 Å². The van der Waals surface area contributed by atoms with Gasteiger partial charge in [-0.1, -0.05) is 0 Å². The zero-order valence-electron chi connectivity index (χ0n) is 8.74. The van der Waals surface area contributed by atoms with Crippen LogP contribution < -0.4 is 5.73 Å². The van der Waals surface area contributed by atoms with Gasteiger partial charge in [0.15, 0.2) is 0 Å². The molecule has 2 N–H and O–H groups in total. The summed E-state index contributed by atoms with van der Waals surface area (Å²) in [6, 6.07) is 9.53. The summed E-state index contributed by atoms with van der Waals surface area (Å²) in [7, 11) is 0. The highest BCUT2D eigenvalue weighted by Gasteiger charge is 2.08. The number of hydrogen-bond donors (Lipinski definition) is 1. The second kappa shape index (κ2) is 4.22. The fourth-order valence-electron chi connectivity index (χ4n) is 1.57. The zero-order chi connectivity index (χ0) is 12.4. The van der Waals surface area contributed by atoms with Gasteiger partial charge in [0.1, 0.15) is 11.6 Å². The first-order chi connectivity index (χ1) is 8.10. The van der Waals surface area contributed by atoms with Gasteiger partial charge in [-0.05, 0) is 42.0 Å². The number of halogens is 2. The van der Waals surface area contributed by atoms with E-state index in [2.05, 4.69) is 0 Å². The minimum atomic E-state index is -0.583. The Morgan fingerprint density at radius 3 is 2.53 bits per heavy atom. The van der Waals surface area contributed by atoms with Crippen molar-refractivity contribution in [2.75, 3.05) is 5.73 Å². The van der Waals surface area contributed by atoms with Crippen LogP contribution in [0.25, 0.3) is 11.1 Å². The largest absolute Gasteiger partial charge is 0.399 e. The van der Waals surface area contributed by atoms with E-state index in [1.54, 1.807) is 0 Å². The Kier molecular flexibility index (Phi) is 2.75. The number of hydrogen-bond acceptors (Lipinski definition) is 2. The molecular weight excluding hydrogens is 222 g/mol. The maximum Gasteiger partial charge on any atom is 0.131 e. The first-order valence-corrected chi connectivity index (χ1v) is 4.86. The number of anilines is 1. The molecular formula is C13H8F2N2. The predicted molar refractivity (Wildman–Crippen MR) is 60.9 cm³/mol. The minimum Gasteiger partial charge on any atom is -0.399 e. The maximum atomic E-state index is 13.6. The quantitative estimate of drug-likeness (QED) is 0.765. The Labute approximate surface area is 96.9 Å². The summed E-state index contributed by atoms with van der Waals surface area (Å²) >= 11 is 0. The monoisotopic (exact) mass is 230 g/mol. The van der Waals surface area contributed by atoms with Gasteiger partial charge < -0.3 is 5.73 Å². The van der Waals surface area contributed by atoms with Crippen LogP contribution in [0.4, 0.5) is 14.5 Å². The summed E-state index contributed by atoms with van der Waals surface area (Å²) in [6.45, 7) is 0. The lowest BCUT2D eigenvalue weighted by atomic mass is 10.0. The van der Waals surface area contributed by atoms with Gasteiger partial charge in [-0.15, -0.1) is 0 Å². The zero-order valence-corrected chi connectivity index (χ0v) is 8.74. The van der Waals surface area contributed by atoms with Gasteiger partial charge in [0.25, 0.3) is 0 Å². The van der Waals surface area contributed by atoms with Crippen molar-refractivity contribution in [1.82, 2.24) is 0 Å². The third kappa shape index (κ3) is 2.23. The molecule has 0 aliphatic heterocycles. The highest BCUT2D eigenvalue weighted by molar-refractivity contribution is 5.69. The standard InChI is InChI=1S/C13H8F2N2/c14-10-4-8(7-16)3-9(5-10)12-6-11(17)1-2-13(12)15/h1-6H,17H2. The van der Waals surface area contributed by atoms with Crippen LogP contribution in [0, 0.1) is 23.0 Å². The van der Waals surface area contributed by atoms with Crippen molar-refractivity contribution in [3.63, 3.8) is 0 Å². The van der Waals surface area contributed by atoms with E-state index in [1.165, 1.54) is 30.3 Å². The number of nitrogens with zero attached hydrogens (tertiary/aromatic N) is 1. The summed E-state index contributed by atoms with van der Waals surface area (Å²) in [6.07, 6.45) is 0. The molecule has 0 unspecified atom stereocenters. The smallest absolute Gasteiger partial charge is 0.131 e. The first-order valence-electron chi connectivity index (χ1n) is 4.86. The molecule has 0 fully saturated rings. The van der Waals surface area contributed by atoms with Crippen molar-refractivity contribution in [2.24, 2.45) is 0 Å². The SMILES string of the molecule is N#Cc1cc(F)cc(-c2cc(N)ccc2F)c1. The summed E-state index contributed by atoms with van der Waals surface area (Å²) in [5.41, 5.74) is 6.55. The topological polar surface area (TPSA) is 49.8 Å². The molecule has 0 radical (unpaired) electrons. The van der Waals surface area contributed by atoms with Crippen molar-refractivity contribution in [1.29, 1.82) is 5.26 Å². The number of nitriles is 1. The van der Waals surface area contributed by atoms with E-state index in [0.717, 1.165) is 6.07 Å². The molecule has 0 aliphatic carbocycles. The summed E-state index contributed by atoms with van der Waals surface area (Å²) in [5, 5.41) is 8.72. The fraction of sp³-hybridized carbons (Fsp3) is 0. The molecule has 0 heterocycles. The summed E-state index contributed by atoms with van der Waals surface area (Å²) in [5.74, 6) is -1.09. The van der Waals surface area contributed by atoms with Crippen molar-refractivity contribution in [2.45, 2.75) is 0 Å². The third-order valence-electron chi connectivity index (χ3n) is 2.33. The fourth-order valence-corrected chi connectivity index (χ4v) is 1.57. The van der Waals surface area contributed by atoms with Gasteiger partial charge >= 0.3 is 0 Å². The van der Waals surface area contributed by atoms with Crippen molar-refractivity contribution >= 4 is 5.69 Å². The van der Waals surface area contributed by atoms with Crippen LogP contribution in [0.1, 0.15) is 5.56 Å². The van der Waals surface area contributed by atoms with E-state index in [0.29, 0.717) is 11.3 Å². The van der Waals surface area contributed by atoms with Crippen LogP contribution >= 0.6 is 0 Å². The van der Waals surface area contributed by atoms with E-state index in [9.17, 15) is 8.78 Å². The number of nitrogens with two attached hydrogens (primary N) is 1. The van der Waals surface area contributed by atoms with Gasteiger partial charge in [0.2, 0.25) is 0 Å². The number of nitrogen functional groups attached to an aromatic ring is 1. The molecule has 0 amide bonds. The van der Waals surface area contributed by atoms with E-state index >= 15 is 0 Å². The lowest BCUT2D eigenvalue weighted by Crippen LogP contribution is -1.91. The Hall–Kier alpha value is -2.41. The highest BCUT2D eigenvalue weighted by Crippen LogP contribution is 2.26. The lowest BCUT2D eigenvalue weighted by molar-refractivity contribution is 0.624. The van der Waals surface area contributed by atoms with Crippen LogP contribution in [0.3, 0.4) is 0 Å². The molecule has 2 aromatic carbocycles. The molecule has 84 valence electrons. The van der Waals surface area contributed by atoms with E-state index < -0.39 is 11.6 Å². The molecule has 2 aromatic rings. The van der Waals surface area contributed by atoms with E-state index in [-0.39, 0.29) is 11.1 Å². The van der Waals surface area contributed by atoms with Gasteiger partial charge in [0, 0.05) is 11.3 Å². The summed E-state index contributed by atoms with van der Waals surface area (Å²) < 4.78 is 26.8. The molecule has 2 rings (SSSR count). The van der Waals surface area contributed by atoms with Crippen molar-refractivity contribution in [3.8, 4) is 17.2 Å². The Morgan fingerprint density at radius 1 is 1.06 bits per heavy atom. The molecule has 0 aliphatic rings. The van der Waals surface area contributed by atoms with E-state index in [4.69, 9.17) is 11.0 Å². The normalized spacial score (nSPS) is 9.94. The molecule has 0 atom stereocenters. The Balaban J connectivity index is 2.64. The molecule has 0 bridgehead atoms. The molecule has 0 saturated heterocycles. The second-order valence-electron chi connectivity index (χ2n) is 3.58. The van der Waals surface area contributed by atoms with Crippen molar-refractivity contribution < 1.29 is 8.78 Å². The molecule has 2 nitrogen and oxygen atoms in total. The maximum absolute atomic E-state index is 13.6. The Bertz CT molecular complexity index is 615. The molecule has 0 saturated carbocycles. The second-order valence-corrected chi connectivity index (χ2v) is 3.58. The van der Waals surface area contributed by atoms with Crippen LogP contribution in [0.2, 0.25) is 0 Å². The van der Waals surface area contributed by atoms with Gasteiger partial charge in [-0.25, -0.2) is 8.78 Å². The highest BCUT2D eigenvalue weighted by atomic mass is 19.1. The Morgan fingerprint density at radius 2 is 1.82 bits per heavy atom. The minimum absolute atomic E-state index is 0.141. The molecule has 0 spiro atoms. The van der Waals surface area contributed by atoms with Gasteiger partial charge in [-0.3, -0.25) is 0 Å². The molecule has 17 heavy (non-hydrogen) atoms. The lowest BCUT2D eigenvalue weighted by Gasteiger charge is -2.05. The van der Waals surface area contributed by atoms with Crippen LogP contribution in [-0.4, -0.2) is 0 Å². The predicted octanol–water partition coefficient (Wildman–Crippen LogP) is 3.09. The average Bonchev–Trinajstić information content (AvgIpc) is 2.31. The van der Waals surface area contributed by atoms with Gasteiger partial charge in [-0.2, -0.15) is 5.26 Å². The average molecular weight is 230 g/mol. The summed E-state index contributed by atoms with van der Waals surface area (Å²) in [4.78, 5) is 0. The van der Waals surface area contributed by atoms with Crippen LogP contribution in [0.5, 0.6) is 0 Å². The first kappa shape index (κ1) is 11.1. The van der Waals surface area contributed by atoms with Crippen molar-refractivity contribution in [3.05, 3.63) is 53.6 Å². The molecule has 4 heteroatoms. The van der Waals surface area contributed by atoms with E-state index in [1.807, 2.05) is 6.07 Å².